The zero-order valence-corrected chi connectivity index (χ0v) is 12.6. The average Bonchev–Trinajstić information content (AvgIpc) is 2.93. The number of halogens is 1. The molecule has 0 fully saturated rings. The van der Waals surface area contributed by atoms with Gasteiger partial charge in [-0.25, -0.2) is 0 Å². The van der Waals surface area contributed by atoms with Gasteiger partial charge in [0.2, 0.25) is 0 Å². The van der Waals surface area contributed by atoms with Crippen molar-refractivity contribution in [2.24, 2.45) is 0 Å². The first kappa shape index (κ1) is 17.2. The number of carboxylic acids is 1. The van der Waals surface area contributed by atoms with Crippen LogP contribution in [-0.4, -0.2) is 22.3 Å². The van der Waals surface area contributed by atoms with E-state index in [2.05, 4.69) is 10.5 Å². The summed E-state index contributed by atoms with van der Waals surface area (Å²) in [4.78, 5) is 11.0. The van der Waals surface area contributed by atoms with Gasteiger partial charge in [0, 0.05) is 11.6 Å². The van der Waals surface area contributed by atoms with Gasteiger partial charge in [-0.2, -0.15) is 0 Å². The number of nitrogens with zero attached hydrogens (tertiary/aromatic N) is 1. The summed E-state index contributed by atoms with van der Waals surface area (Å²) in [5.74, 6) is -0.208. The van der Waals surface area contributed by atoms with E-state index < -0.39 is 12.0 Å². The Balaban J connectivity index is 0.00000220. The van der Waals surface area contributed by atoms with Gasteiger partial charge in [-0.05, 0) is 6.42 Å². The van der Waals surface area contributed by atoms with Crippen molar-refractivity contribution in [3.8, 4) is 11.3 Å². The molecule has 0 bridgehead atoms. The molecule has 0 radical (unpaired) electrons. The quantitative estimate of drug-likeness (QED) is 0.822. The zero-order chi connectivity index (χ0) is 14.4. The molecular formula is C15H19ClN2O3. The molecule has 21 heavy (non-hydrogen) atoms. The van der Waals surface area contributed by atoms with Crippen LogP contribution in [0.3, 0.4) is 0 Å². The number of nitrogens with one attached hydrogen (secondary N) is 1. The normalized spacial score (nSPS) is 11.7. The van der Waals surface area contributed by atoms with E-state index >= 15 is 0 Å². The van der Waals surface area contributed by atoms with Crippen molar-refractivity contribution < 1.29 is 14.4 Å². The molecule has 114 valence electrons. The minimum atomic E-state index is -0.838. The third-order valence-corrected chi connectivity index (χ3v) is 3.03. The van der Waals surface area contributed by atoms with Gasteiger partial charge in [0.05, 0.1) is 6.54 Å². The number of rotatable bonds is 7. The lowest BCUT2D eigenvalue weighted by Gasteiger charge is -2.11. The highest BCUT2D eigenvalue weighted by Gasteiger charge is 2.16. The largest absolute Gasteiger partial charge is 0.480 e. The standard InChI is InChI=1S/C15H18N2O3.ClH/c1-2-6-13(15(18)19)16-10-12-9-14(17-20-12)11-7-4-3-5-8-11;/h3-5,7-9,13,16H,2,6,10H2,1H3,(H,18,19);1H. The lowest BCUT2D eigenvalue weighted by atomic mass is 10.1. The summed E-state index contributed by atoms with van der Waals surface area (Å²) in [6.07, 6.45) is 1.41. The maximum atomic E-state index is 11.0. The minimum Gasteiger partial charge on any atom is -0.480 e. The van der Waals surface area contributed by atoms with Crippen LogP contribution in [0.1, 0.15) is 25.5 Å². The van der Waals surface area contributed by atoms with E-state index in [4.69, 9.17) is 9.63 Å². The summed E-state index contributed by atoms with van der Waals surface area (Å²) in [7, 11) is 0. The van der Waals surface area contributed by atoms with Crippen molar-refractivity contribution in [2.75, 3.05) is 0 Å². The highest BCUT2D eigenvalue weighted by Crippen LogP contribution is 2.18. The Bertz CT molecular complexity index is 557. The SMILES string of the molecule is CCCC(NCc1cc(-c2ccccc2)no1)C(=O)O.Cl. The lowest BCUT2D eigenvalue weighted by molar-refractivity contribution is -0.139. The summed E-state index contributed by atoms with van der Waals surface area (Å²) in [6.45, 7) is 2.32. The van der Waals surface area contributed by atoms with Gasteiger partial charge in [-0.1, -0.05) is 48.8 Å². The molecule has 0 aliphatic carbocycles. The van der Waals surface area contributed by atoms with Gasteiger partial charge < -0.3 is 9.63 Å². The smallest absolute Gasteiger partial charge is 0.320 e. The summed E-state index contributed by atoms with van der Waals surface area (Å²) < 4.78 is 5.22. The van der Waals surface area contributed by atoms with Crippen molar-refractivity contribution in [1.29, 1.82) is 0 Å². The molecule has 0 saturated carbocycles. The number of aliphatic carboxylic acids is 1. The number of carboxylic acid groups (broad SMARTS) is 1. The predicted octanol–water partition coefficient (Wildman–Crippen LogP) is 3.11. The maximum Gasteiger partial charge on any atom is 0.320 e. The fraction of sp³-hybridized carbons (Fsp3) is 0.333. The molecule has 2 N–H and O–H groups in total. The summed E-state index contributed by atoms with van der Waals surface area (Å²) >= 11 is 0. The number of benzene rings is 1. The molecule has 5 nitrogen and oxygen atoms in total. The second-order valence-corrected chi connectivity index (χ2v) is 4.60. The first-order valence-corrected chi connectivity index (χ1v) is 6.68. The number of carbonyl (C=O) groups is 1. The summed E-state index contributed by atoms with van der Waals surface area (Å²) in [5, 5.41) is 16.0. The van der Waals surface area contributed by atoms with E-state index in [-0.39, 0.29) is 12.4 Å². The first-order chi connectivity index (χ1) is 9.70. The third-order valence-electron chi connectivity index (χ3n) is 3.03. The molecule has 1 aromatic heterocycles. The van der Waals surface area contributed by atoms with E-state index in [1.165, 1.54) is 0 Å². The maximum absolute atomic E-state index is 11.0. The van der Waals surface area contributed by atoms with Crippen LogP contribution in [0, 0.1) is 0 Å². The molecule has 2 rings (SSSR count). The monoisotopic (exact) mass is 310 g/mol. The molecule has 0 amide bonds. The van der Waals surface area contributed by atoms with Crippen LogP contribution in [0.2, 0.25) is 0 Å². The molecule has 0 aliphatic rings. The van der Waals surface area contributed by atoms with Crippen LogP contribution in [0.5, 0.6) is 0 Å². The second kappa shape index (κ2) is 8.44. The van der Waals surface area contributed by atoms with Gasteiger partial charge in [0.25, 0.3) is 0 Å². The Morgan fingerprint density at radius 1 is 1.38 bits per heavy atom. The molecule has 1 aromatic carbocycles. The average molecular weight is 311 g/mol. The van der Waals surface area contributed by atoms with E-state index in [0.717, 1.165) is 17.7 Å². The van der Waals surface area contributed by atoms with Gasteiger partial charge in [0.15, 0.2) is 5.76 Å². The minimum absolute atomic E-state index is 0. The molecule has 2 aromatic rings. The lowest BCUT2D eigenvalue weighted by Crippen LogP contribution is -2.35. The topological polar surface area (TPSA) is 75.4 Å². The van der Waals surface area contributed by atoms with E-state index in [1.807, 2.05) is 43.3 Å². The van der Waals surface area contributed by atoms with Gasteiger partial charge in [-0.15, -0.1) is 12.4 Å². The van der Waals surface area contributed by atoms with Gasteiger partial charge >= 0.3 is 5.97 Å². The molecule has 0 aliphatic heterocycles. The molecular weight excluding hydrogens is 292 g/mol. The van der Waals surface area contributed by atoms with Crippen LogP contribution >= 0.6 is 12.4 Å². The van der Waals surface area contributed by atoms with Crippen molar-refractivity contribution in [1.82, 2.24) is 10.5 Å². The molecule has 0 spiro atoms. The van der Waals surface area contributed by atoms with Crippen LogP contribution in [0.4, 0.5) is 0 Å². The van der Waals surface area contributed by atoms with Crippen molar-refractivity contribution in [2.45, 2.75) is 32.4 Å². The fourth-order valence-corrected chi connectivity index (χ4v) is 1.97. The Labute approximate surface area is 129 Å². The molecule has 1 unspecified atom stereocenters. The second-order valence-electron chi connectivity index (χ2n) is 4.60. The third kappa shape index (κ3) is 4.88. The van der Waals surface area contributed by atoms with Gasteiger partial charge in [-0.3, -0.25) is 10.1 Å². The number of hydrogen-bond donors (Lipinski definition) is 2. The molecule has 0 saturated heterocycles. The van der Waals surface area contributed by atoms with Crippen molar-refractivity contribution >= 4 is 18.4 Å². The highest BCUT2D eigenvalue weighted by molar-refractivity contribution is 5.85. The van der Waals surface area contributed by atoms with Crippen LogP contribution in [0.25, 0.3) is 11.3 Å². The molecule has 6 heteroatoms. The Hall–Kier alpha value is -1.85. The Morgan fingerprint density at radius 2 is 2.10 bits per heavy atom. The summed E-state index contributed by atoms with van der Waals surface area (Å²) in [6, 6.07) is 11.0. The van der Waals surface area contributed by atoms with E-state index in [0.29, 0.717) is 18.7 Å². The number of aromatic nitrogens is 1. The Kier molecular flexibility index (Phi) is 6.91. The molecule has 1 heterocycles. The predicted molar refractivity (Wildman–Crippen MR) is 82.4 cm³/mol. The van der Waals surface area contributed by atoms with Crippen LogP contribution in [-0.2, 0) is 11.3 Å². The Morgan fingerprint density at radius 3 is 2.71 bits per heavy atom. The first-order valence-electron chi connectivity index (χ1n) is 6.68. The fourth-order valence-electron chi connectivity index (χ4n) is 1.97. The van der Waals surface area contributed by atoms with Crippen LogP contribution < -0.4 is 5.32 Å². The summed E-state index contributed by atoms with van der Waals surface area (Å²) in [5.41, 5.74) is 1.73. The number of hydrogen-bond acceptors (Lipinski definition) is 4. The van der Waals surface area contributed by atoms with E-state index in [9.17, 15) is 4.79 Å². The van der Waals surface area contributed by atoms with Crippen LogP contribution in [0.15, 0.2) is 40.9 Å². The van der Waals surface area contributed by atoms with Crippen molar-refractivity contribution in [3.63, 3.8) is 0 Å². The highest BCUT2D eigenvalue weighted by atomic mass is 35.5. The van der Waals surface area contributed by atoms with E-state index in [1.54, 1.807) is 0 Å². The zero-order valence-electron chi connectivity index (χ0n) is 11.8. The van der Waals surface area contributed by atoms with Gasteiger partial charge in [0.1, 0.15) is 11.7 Å². The molecule has 1 atom stereocenters. The van der Waals surface area contributed by atoms with Crippen molar-refractivity contribution in [3.05, 3.63) is 42.2 Å².